The summed E-state index contributed by atoms with van der Waals surface area (Å²) in [7, 11) is 1.59. The molecule has 0 fully saturated rings. The Morgan fingerprint density at radius 1 is 1.75 bits per heavy atom. The van der Waals surface area contributed by atoms with Gasteiger partial charge < -0.3 is 20.9 Å². The minimum atomic E-state index is -1.12. The summed E-state index contributed by atoms with van der Waals surface area (Å²) in [4.78, 5) is 10.4. The number of primary amides is 1. The number of hydrogen-bond acceptors (Lipinski definition) is 4. The minimum Gasteiger partial charge on any atom is -0.383 e. The Labute approximate surface area is 71.9 Å². The molecule has 0 saturated heterocycles. The second-order valence-electron chi connectivity index (χ2n) is 2.68. The number of nitrogens with one attached hydrogen (secondary N) is 1. The van der Waals surface area contributed by atoms with Crippen LogP contribution >= 0.6 is 0 Å². The average Bonchev–Trinajstić information content (AvgIpc) is 2.00. The molecule has 0 radical (unpaired) electrons. The van der Waals surface area contributed by atoms with Gasteiger partial charge in [-0.3, -0.25) is 4.79 Å². The zero-order valence-electron chi connectivity index (χ0n) is 7.41. The molecule has 12 heavy (non-hydrogen) atoms. The second-order valence-corrected chi connectivity index (χ2v) is 2.68. The fraction of sp³-hybridized carbons (Fsp3) is 0.857. The lowest BCUT2D eigenvalue weighted by Crippen LogP contribution is -2.42. The van der Waals surface area contributed by atoms with E-state index < -0.39 is 12.0 Å². The van der Waals surface area contributed by atoms with Crippen LogP contribution in [0, 0.1) is 0 Å². The fourth-order valence-corrected chi connectivity index (χ4v) is 0.722. The molecule has 0 aliphatic carbocycles. The summed E-state index contributed by atoms with van der Waals surface area (Å²) in [6.07, 6.45) is -1.12. The number of rotatable bonds is 6. The van der Waals surface area contributed by atoms with Crippen molar-refractivity contribution in [2.45, 2.75) is 19.1 Å². The van der Waals surface area contributed by atoms with Crippen LogP contribution in [0.1, 0.15) is 6.92 Å². The number of carbonyl (C=O) groups is 1. The maximum atomic E-state index is 10.4. The van der Waals surface area contributed by atoms with Crippen molar-refractivity contribution in [2.24, 2.45) is 5.73 Å². The van der Waals surface area contributed by atoms with Crippen molar-refractivity contribution < 1.29 is 14.6 Å². The predicted molar refractivity (Wildman–Crippen MR) is 44.5 cm³/mol. The number of amides is 1. The van der Waals surface area contributed by atoms with Crippen molar-refractivity contribution in [3.63, 3.8) is 0 Å². The third kappa shape index (κ3) is 5.06. The molecule has 2 atom stereocenters. The van der Waals surface area contributed by atoms with Crippen molar-refractivity contribution in [1.82, 2.24) is 5.32 Å². The first-order valence-electron chi connectivity index (χ1n) is 3.77. The standard InChI is InChI=1S/C7H16N2O3/c1-5(4-12-2)9-3-6(10)7(8)11/h5-6,9-10H,3-4H2,1-2H3,(H2,8,11). The number of ether oxygens (including phenoxy) is 1. The van der Waals surface area contributed by atoms with Crippen LogP contribution in [0.2, 0.25) is 0 Å². The van der Waals surface area contributed by atoms with Crippen LogP contribution in [-0.4, -0.2) is 43.4 Å². The summed E-state index contributed by atoms with van der Waals surface area (Å²) in [6.45, 7) is 2.59. The van der Waals surface area contributed by atoms with Gasteiger partial charge in [0.15, 0.2) is 0 Å². The molecule has 2 unspecified atom stereocenters. The predicted octanol–water partition coefficient (Wildman–Crippen LogP) is -1.54. The van der Waals surface area contributed by atoms with Gasteiger partial charge in [-0.25, -0.2) is 0 Å². The topological polar surface area (TPSA) is 84.6 Å². The highest BCUT2D eigenvalue weighted by Gasteiger charge is 2.11. The number of aliphatic hydroxyl groups excluding tert-OH is 1. The number of methoxy groups -OCH3 is 1. The number of nitrogens with two attached hydrogens (primary N) is 1. The summed E-state index contributed by atoms with van der Waals surface area (Å²) in [5, 5.41) is 11.9. The molecule has 0 aliphatic heterocycles. The van der Waals surface area contributed by atoms with E-state index in [4.69, 9.17) is 15.6 Å². The highest BCUT2D eigenvalue weighted by molar-refractivity contribution is 5.78. The molecular weight excluding hydrogens is 160 g/mol. The van der Waals surface area contributed by atoms with Gasteiger partial charge in [0, 0.05) is 19.7 Å². The third-order valence-corrected chi connectivity index (χ3v) is 1.40. The number of carbonyl (C=O) groups excluding carboxylic acids is 1. The van der Waals surface area contributed by atoms with Crippen LogP contribution in [0.25, 0.3) is 0 Å². The molecule has 0 spiro atoms. The van der Waals surface area contributed by atoms with Crippen molar-refractivity contribution >= 4 is 5.91 Å². The lowest BCUT2D eigenvalue weighted by Gasteiger charge is -2.14. The Balaban J connectivity index is 3.46. The maximum Gasteiger partial charge on any atom is 0.247 e. The van der Waals surface area contributed by atoms with Crippen molar-refractivity contribution in [3.05, 3.63) is 0 Å². The fourth-order valence-electron chi connectivity index (χ4n) is 0.722. The van der Waals surface area contributed by atoms with Crippen LogP contribution in [0.15, 0.2) is 0 Å². The first kappa shape index (κ1) is 11.4. The molecule has 5 nitrogen and oxygen atoms in total. The summed E-state index contributed by atoms with van der Waals surface area (Å²) in [6, 6.07) is 0.101. The Hall–Kier alpha value is -0.650. The molecule has 5 heteroatoms. The van der Waals surface area contributed by atoms with Gasteiger partial charge in [-0.05, 0) is 6.92 Å². The van der Waals surface area contributed by atoms with E-state index in [0.29, 0.717) is 6.61 Å². The van der Waals surface area contributed by atoms with E-state index in [2.05, 4.69) is 5.32 Å². The molecule has 1 amide bonds. The Morgan fingerprint density at radius 3 is 2.75 bits per heavy atom. The monoisotopic (exact) mass is 176 g/mol. The molecule has 0 rings (SSSR count). The van der Waals surface area contributed by atoms with E-state index in [-0.39, 0.29) is 12.6 Å². The maximum absolute atomic E-state index is 10.4. The smallest absolute Gasteiger partial charge is 0.247 e. The van der Waals surface area contributed by atoms with Gasteiger partial charge >= 0.3 is 0 Å². The molecule has 4 N–H and O–H groups in total. The Morgan fingerprint density at radius 2 is 2.33 bits per heavy atom. The van der Waals surface area contributed by atoms with Crippen molar-refractivity contribution in [2.75, 3.05) is 20.3 Å². The van der Waals surface area contributed by atoms with Gasteiger partial charge in [0.1, 0.15) is 6.10 Å². The Kier molecular flexibility index (Phi) is 5.61. The molecule has 0 aromatic rings. The van der Waals surface area contributed by atoms with E-state index in [9.17, 15) is 4.79 Å². The van der Waals surface area contributed by atoms with Gasteiger partial charge in [-0.1, -0.05) is 0 Å². The molecule has 0 aliphatic rings. The van der Waals surface area contributed by atoms with E-state index >= 15 is 0 Å². The zero-order valence-corrected chi connectivity index (χ0v) is 7.41. The Bertz CT molecular complexity index is 141. The van der Waals surface area contributed by atoms with Crippen LogP contribution in [0.3, 0.4) is 0 Å². The van der Waals surface area contributed by atoms with Crippen LogP contribution in [0.4, 0.5) is 0 Å². The molecule has 0 saturated carbocycles. The average molecular weight is 176 g/mol. The first-order valence-corrected chi connectivity index (χ1v) is 3.77. The van der Waals surface area contributed by atoms with E-state index in [1.54, 1.807) is 7.11 Å². The SMILES string of the molecule is COCC(C)NCC(O)C(N)=O. The lowest BCUT2D eigenvalue weighted by atomic mass is 10.3. The van der Waals surface area contributed by atoms with Crippen LogP contribution < -0.4 is 11.1 Å². The van der Waals surface area contributed by atoms with E-state index in [1.807, 2.05) is 6.92 Å². The molecule has 0 aromatic heterocycles. The number of aliphatic hydroxyl groups is 1. The quantitative estimate of drug-likeness (QED) is 0.458. The van der Waals surface area contributed by atoms with Gasteiger partial charge in [0.2, 0.25) is 5.91 Å². The first-order chi connectivity index (χ1) is 5.57. The van der Waals surface area contributed by atoms with Crippen LogP contribution in [-0.2, 0) is 9.53 Å². The zero-order chi connectivity index (χ0) is 9.56. The lowest BCUT2D eigenvalue weighted by molar-refractivity contribution is -0.125. The molecule has 0 bridgehead atoms. The molecular formula is C7H16N2O3. The molecule has 0 aromatic carbocycles. The summed E-state index contributed by atoms with van der Waals surface area (Å²) < 4.78 is 4.84. The number of hydrogen-bond donors (Lipinski definition) is 3. The second kappa shape index (κ2) is 5.93. The van der Waals surface area contributed by atoms with Crippen molar-refractivity contribution in [1.29, 1.82) is 0 Å². The largest absolute Gasteiger partial charge is 0.383 e. The highest BCUT2D eigenvalue weighted by atomic mass is 16.5. The van der Waals surface area contributed by atoms with Crippen molar-refractivity contribution in [3.8, 4) is 0 Å². The van der Waals surface area contributed by atoms with E-state index in [0.717, 1.165) is 0 Å². The van der Waals surface area contributed by atoms with Crippen LogP contribution in [0.5, 0.6) is 0 Å². The third-order valence-electron chi connectivity index (χ3n) is 1.40. The normalized spacial score (nSPS) is 15.6. The van der Waals surface area contributed by atoms with Gasteiger partial charge in [-0.2, -0.15) is 0 Å². The van der Waals surface area contributed by atoms with Gasteiger partial charge in [-0.15, -0.1) is 0 Å². The molecule has 0 heterocycles. The summed E-state index contributed by atoms with van der Waals surface area (Å²) in [5.74, 6) is -0.716. The van der Waals surface area contributed by atoms with Gasteiger partial charge in [0.25, 0.3) is 0 Å². The molecule has 72 valence electrons. The summed E-state index contributed by atoms with van der Waals surface area (Å²) >= 11 is 0. The summed E-state index contributed by atoms with van der Waals surface area (Å²) in [5.41, 5.74) is 4.84. The minimum absolute atomic E-state index is 0.101. The highest BCUT2D eigenvalue weighted by Crippen LogP contribution is 1.84. The van der Waals surface area contributed by atoms with Gasteiger partial charge in [0.05, 0.1) is 6.61 Å². The van der Waals surface area contributed by atoms with E-state index in [1.165, 1.54) is 0 Å².